The van der Waals surface area contributed by atoms with Gasteiger partial charge in [0.15, 0.2) is 5.03 Å². The van der Waals surface area contributed by atoms with E-state index in [0.717, 1.165) is 19.3 Å². The molecule has 0 bridgehead atoms. The standard InChI is InChI=1S/C9H15N3O3S/c13-8-3-1-2-7(4-8)12-16(14,15)9-5-10-6-11-9/h5-8,12-13H,1-4H2,(H,10,11). The number of hydrogen-bond donors (Lipinski definition) is 3. The molecule has 90 valence electrons. The lowest BCUT2D eigenvalue weighted by Crippen LogP contribution is -2.39. The van der Waals surface area contributed by atoms with Crippen LogP contribution in [-0.4, -0.2) is 35.6 Å². The maximum Gasteiger partial charge on any atom is 0.257 e. The predicted molar refractivity (Wildman–Crippen MR) is 57.2 cm³/mol. The molecule has 16 heavy (non-hydrogen) atoms. The molecule has 1 aliphatic carbocycles. The lowest BCUT2D eigenvalue weighted by molar-refractivity contribution is 0.117. The van der Waals surface area contributed by atoms with Crippen molar-refractivity contribution >= 4 is 10.0 Å². The summed E-state index contributed by atoms with van der Waals surface area (Å²) in [4.78, 5) is 6.23. The molecule has 1 aliphatic rings. The maximum absolute atomic E-state index is 11.8. The summed E-state index contributed by atoms with van der Waals surface area (Å²) < 4.78 is 26.2. The second-order valence-electron chi connectivity index (χ2n) is 4.05. The van der Waals surface area contributed by atoms with E-state index in [-0.39, 0.29) is 11.1 Å². The van der Waals surface area contributed by atoms with Gasteiger partial charge in [-0.3, -0.25) is 0 Å². The highest BCUT2D eigenvalue weighted by atomic mass is 32.2. The average Bonchev–Trinajstić information content (AvgIpc) is 2.69. The van der Waals surface area contributed by atoms with Gasteiger partial charge in [-0.15, -0.1) is 0 Å². The highest BCUT2D eigenvalue weighted by Crippen LogP contribution is 2.19. The number of aliphatic hydroxyl groups is 1. The average molecular weight is 245 g/mol. The van der Waals surface area contributed by atoms with Gasteiger partial charge in [-0.2, -0.15) is 0 Å². The smallest absolute Gasteiger partial charge is 0.257 e. The number of hydrogen-bond acceptors (Lipinski definition) is 4. The van der Waals surface area contributed by atoms with Gasteiger partial charge in [-0.05, 0) is 25.7 Å². The van der Waals surface area contributed by atoms with E-state index in [4.69, 9.17) is 0 Å². The highest BCUT2D eigenvalue weighted by Gasteiger charge is 2.25. The number of aromatic amines is 1. The van der Waals surface area contributed by atoms with E-state index in [1.54, 1.807) is 0 Å². The third-order valence-electron chi connectivity index (χ3n) is 2.73. The van der Waals surface area contributed by atoms with Crippen LogP contribution in [0.5, 0.6) is 0 Å². The van der Waals surface area contributed by atoms with Crippen molar-refractivity contribution in [2.24, 2.45) is 0 Å². The second kappa shape index (κ2) is 4.52. The van der Waals surface area contributed by atoms with Crippen LogP contribution in [0.3, 0.4) is 0 Å². The molecule has 2 atom stereocenters. The Morgan fingerprint density at radius 3 is 2.94 bits per heavy atom. The van der Waals surface area contributed by atoms with Crippen LogP contribution in [0.1, 0.15) is 25.7 Å². The first kappa shape index (κ1) is 11.6. The number of nitrogens with one attached hydrogen (secondary N) is 2. The van der Waals surface area contributed by atoms with Crippen molar-refractivity contribution in [3.8, 4) is 0 Å². The summed E-state index contributed by atoms with van der Waals surface area (Å²) in [6, 6.07) is -0.183. The lowest BCUT2D eigenvalue weighted by Gasteiger charge is -2.26. The Balaban J connectivity index is 2.04. The molecule has 7 heteroatoms. The molecule has 3 N–H and O–H groups in total. The Bertz CT molecular complexity index is 429. The van der Waals surface area contributed by atoms with E-state index in [2.05, 4.69) is 14.7 Å². The summed E-state index contributed by atoms with van der Waals surface area (Å²) in [5.74, 6) is 0. The molecule has 0 amide bonds. The summed E-state index contributed by atoms with van der Waals surface area (Å²) in [6.45, 7) is 0. The molecule has 2 unspecified atom stereocenters. The van der Waals surface area contributed by atoms with Gasteiger partial charge >= 0.3 is 0 Å². The zero-order valence-electron chi connectivity index (χ0n) is 8.76. The number of nitrogens with zero attached hydrogens (tertiary/aromatic N) is 1. The fraction of sp³-hybridized carbons (Fsp3) is 0.667. The number of aromatic nitrogens is 2. The minimum atomic E-state index is -3.52. The monoisotopic (exact) mass is 245 g/mol. The number of imidazole rings is 1. The van der Waals surface area contributed by atoms with Crippen LogP contribution < -0.4 is 4.72 Å². The summed E-state index contributed by atoms with van der Waals surface area (Å²) in [6.07, 6.45) is 5.03. The molecule has 1 fully saturated rings. The predicted octanol–water partition coefficient (Wildman–Crippen LogP) is -0.00850. The van der Waals surface area contributed by atoms with Gasteiger partial charge in [-0.25, -0.2) is 18.1 Å². The molecular weight excluding hydrogens is 230 g/mol. The van der Waals surface area contributed by atoms with Crippen molar-refractivity contribution in [2.45, 2.75) is 42.9 Å². The van der Waals surface area contributed by atoms with Gasteiger partial charge in [0.25, 0.3) is 10.0 Å². The Hall–Kier alpha value is -0.920. The van der Waals surface area contributed by atoms with E-state index in [9.17, 15) is 13.5 Å². The third-order valence-corrected chi connectivity index (χ3v) is 4.18. The lowest BCUT2D eigenvalue weighted by atomic mass is 9.94. The Morgan fingerprint density at radius 1 is 1.50 bits per heavy atom. The van der Waals surface area contributed by atoms with Crippen LogP contribution in [0.4, 0.5) is 0 Å². The van der Waals surface area contributed by atoms with Crippen LogP contribution >= 0.6 is 0 Å². The van der Waals surface area contributed by atoms with Gasteiger partial charge < -0.3 is 10.1 Å². The zero-order chi connectivity index (χ0) is 11.6. The van der Waals surface area contributed by atoms with E-state index in [1.165, 1.54) is 12.5 Å². The van der Waals surface area contributed by atoms with Crippen LogP contribution in [0.25, 0.3) is 0 Å². The molecular formula is C9H15N3O3S. The van der Waals surface area contributed by atoms with Crippen molar-refractivity contribution in [1.82, 2.24) is 14.7 Å². The van der Waals surface area contributed by atoms with E-state index in [0.29, 0.717) is 6.42 Å². The number of aliphatic hydroxyl groups excluding tert-OH is 1. The highest BCUT2D eigenvalue weighted by molar-refractivity contribution is 7.89. The third kappa shape index (κ3) is 2.60. The number of rotatable bonds is 3. The van der Waals surface area contributed by atoms with Gasteiger partial charge in [0.05, 0.1) is 18.6 Å². The van der Waals surface area contributed by atoms with Gasteiger partial charge in [0.1, 0.15) is 0 Å². The summed E-state index contributed by atoms with van der Waals surface area (Å²) in [5, 5.41) is 9.51. The molecule has 6 nitrogen and oxygen atoms in total. The molecule has 1 heterocycles. The molecule has 0 radical (unpaired) electrons. The topological polar surface area (TPSA) is 95.1 Å². The van der Waals surface area contributed by atoms with Crippen molar-refractivity contribution < 1.29 is 13.5 Å². The molecule has 1 aromatic heterocycles. The molecule has 1 aromatic rings. The van der Waals surface area contributed by atoms with E-state index >= 15 is 0 Å². The molecule has 1 saturated carbocycles. The first-order chi connectivity index (χ1) is 7.58. The Morgan fingerprint density at radius 2 is 2.31 bits per heavy atom. The molecule has 2 rings (SSSR count). The van der Waals surface area contributed by atoms with Crippen LogP contribution in [0, 0.1) is 0 Å². The number of sulfonamides is 1. The molecule has 0 aromatic carbocycles. The fourth-order valence-corrected chi connectivity index (χ4v) is 3.13. The van der Waals surface area contributed by atoms with Gasteiger partial charge in [0.2, 0.25) is 0 Å². The largest absolute Gasteiger partial charge is 0.393 e. The zero-order valence-corrected chi connectivity index (χ0v) is 9.57. The summed E-state index contributed by atoms with van der Waals surface area (Å²) >= 11 is 0. The minimum absolute atomic E-state index is 0.0626. The minimum Gasteiger partial charge on any atom is -0.393 e. The Kier molecular flexibility index (Phi) is 3.27. The van der Waals surface area contributed by atoms with Crippen LogP contribution in [0.2, 0.25) is 0 Å². The van der Waals surface area contributed by atoms with Crippen molar-refractivity contribution in [3.05, 3.63) is 12.5 Å². The van der Waals surface area contributed by atoms with Gasteiger partial charge in [0, 0.05) is 6.04 Å². The fourth-order valence-electron chi connectivity index (χ4n) is 1.94. The van der Waals surface area contributed by atoms with Crippen LogP contribution in [-0.2, 0) is 10.0 Å². The number of H-pyrrole nitrogens is 1. The van der Waals surface area contributed by atoms with Crippen molar-refractivity contribution in [1.29, 1.82) is 0 Å². The maximum atomic E-state index is 11.8. The molecule has 0 saturated heterocycles. The van der Waals surface area contributed by atoms with Crippen LogP contribution in [0.15, 0.2) is 17.6 Å². The van der Waals surface area contributed by atoms with Crippen molar-refractivity contribution in [3.63, 3.8) is 0 Å². The van der Waals surface area contributed by atoms with E-state index < -0.39 is 16.1 Å². The Labute approximate surface area is 94.1 Å². The SMILES string of the molecule is O=S(=O)(NC1CCCC(O)C1)c1cnc[nH]1. The van der Waals surface area contributed by atoms with E-state index in [1.807, 2.05) is 0 Å². The normalized spacial score (nSPS) is 26.8. The summed E-state index contributed by atoms with van der Waals surface area (Å²) in [7, 11) is -3.52. The van der Waals surface area contributed by atoms with Crippen molar-refractivity contribution in [2.75, 3.05) is 0 Å². The first-order valence-electron chi connectivity index (χ1n) is 5.27. The molecule has 0 spiro atoms. The quantitative estimate of drug-likeness (QED) is 0.698. The summed E-state index contributed by atoms with van der Waals surface area (Å²) in [5.41, 5.74) is 0. The molecule has 0 aliphatic heterocycles. The van der Waals surface area contributed by atoms with Gasteiger partial charge in [-0.1, -0.05) is 0 Å². The first-order valence-corrected chi connectivity index (χ1v) is 6.75. The second-order valence-corrected chi connectivity index (χ2v) is 5.74.